The molecule has 1 aromatic heterocycles. The molecular formula is C22H27F3N4O. The first-order valence-electron chi connectivity index (χ1n) is 10.4. The fourth-order valence-electron chi connectivity index (χ4n) is 3.77. The van der Waals surface area contributed by atoms with Crippen molar-refractivity contribution in [2.75, 3.05) is 13.7 Å². The van der Waals surface area contributed by atoms with Gasteiger partial charge in [-0.2, -0.15) is 13.2 Å². The smallest absolute Gasteiger partial charge is 0.378 e. The summed E-state index contributed by atoms with van der Waals surface area (Å²) in [5.74, 6) is 0. The number of nitrogens with zero attached hydrogens (tertiary/aromatic N) is 4. The Hall–Kier alpha value is -2.19. The van der Waals surface area contributed by atoms with E-state index in [2.05, 4.69) is 32.3 Å². The number of hydrazine groups is 1. The molecule has 5 nitrogen and oxygen atoms in total. The molecule has 1 aromatic rings. The lowest BCUT2D eigenvalue weighted by molar-refractivity contribution is -0.134. The Balaban J connectivity index is 1.41. The summed E-state index contributed by atoms with van der Waals surface area (Å²) in [7, 11) is 2.03. The number of aryl methyl sites for hydroxylation is 2. The van der Waals surface area contributed by atoms with Gasteiger partial charge in [-0.3, -0.25) is 9.98 Å². The Labute approximate surface area is 174 Å². The lowest BCUT2D eigenvalue weighted by atomic mass is 10.00. The Morgan fingerprint density at radius 1 is 1.20 bits per heavy atom. The first-order chi connectivity index (χ1) is 14.3. The lowest BCUT2D eigenvalue weighted by Gasteiger charge is -2.30. The van der Waals surface area contributed by atoms with Crippen molar-refractivity contribution in [3.8, 4) is 0 Å². The topological polar surface area (TPSA) is 41.0 Å². The van der Waals surface area contributed by atoms with Gasteiger partial charge < -0.3 is 9.75 Å². The van der Waals surface area contributed by atoms with E-state index in [1.165, 1.54) is 5.57 Å². The summed E-state index contributed by atoms with van der Waals surface area (Å²) >= 11 is 0. The van der Waals surface area contributed by atoms with Crippen LogP contribution >= 0.6 is 0 Å². The minimum atomic E-state index is -4.16. The van der Waals surface area contributed by atoms with Crippen LogP contribution in [0.2, 0.25) is 0 Å². The highest BCUT2D eigenvalue weighted by Crippen LogP contribution is 2.30. The van der Waals surface area contributed by atoms with E-state index in [0.29, 0.717) is 24.9 Å². The van der Waals surface area contributed by atoms with Crippen molar-refractivity contribution in [1.29, 1.82) is 0 Å². The second-order valence-electron chi connectivity index (χ2n) is 8.10. The van der Waals surface area contributed by atoms with Crippen molar-refractivity contribution in [3.05, 3.63) is 53.1 Å². The van der Waals surface area contributed by atoms with Crippen LogP contribution in [0.1, 0.15) is 42.6 Å². The summed E-state index contributed by atoms with van der Waals surface area (Å²) < 4.78 is 43.2. The molecule has 0 bridgehead atoms. The number of aromatic nitrogens is 1. The van der Waals surface area contributed by atoms with Gasteiger partial charge in [-0.25, -0.2) is 5.01 Å². The monoisotopic (exact) mass is 420 g/mol. The normalized spacial score (nSPS) is 21.6. The molecular weight excluding hydrogens is 393 g/mol. The van der Waals surface area contributed by atoms with E-state index in [-0.39, 0.29) is 12.5 Å². The average molecular weight is 420 g/mol. The van der Waals surface area contributed by atoms with Crippen LogP contribution in [0, 0.1) is 6.92 Å². The maximum absolute atomic E-state index is 12.5. The van der Waals surface area contributed by atoms with Crippen molar-refractivity contribution in [3.63, 3.8) is 0 Å². The number of hydrogen-bond acceptors (Lipinski definition) is 5. The highest BCUT2D eigenvalue weighted by molar-refractivity contribution is 6.03. The summed E-state index contributed by atoms with van der Waals surface area (Å²) in [6, 6.07) is 3.72. The Morgan fingerprint density at radius 2 is 2.00 bits per heavy atom. The molecule has 1 fully saturated rings. The third kappa shape index (κ3) is 5.10. The van der Waals surface area contributed by atoms with Crippen molar-refractivity contribution < 1.29 is 17.9 Å². The van der Waals surface area contributed by atoms with Gasteiger partial charge in [0.05, 0.1) is 25.3 Å². The molecule has 1 unspecified atom stereocenters. The second-order valence-corrected chi connectivity index (χ2v) is 8.10. The molecule has 0 saturated heterocycles. The molecule has 0 N–H and O–H groups in total. The second kappa shape index (κ2) is 8.51. The van der Waals surface area contributed by atoms with E-state index in [1.54, 1.807) is 6.07 Å². The van der Waals surface area contributed by atoms with Gasteiger partial charge in [-0.1, -0.05) is 6.07 Å². The standard InChI is InChI=1S/C22H27F3N4O/c1-15-16(3-4-17(27-15)7-10-22(23,24)25)13-29-14-19-20(9-12-30-18-5-6-18)26-11-8-21(19)28(29)2/h3-4,8,11,14,18,21H,5-7,9-10,12-13H2,1-2H3. The Morgan fingerprint density at radius 3 is 2.70 bits per heavy atom. The van der Waals surface area contributed by atoms with Crippen LogP contribution in [0.5, 0.6) is 0 Å². The molecule has 1 saturated carbocycles. The van der Waals surface area contributed by atoms with E-state index >= 15 is 0 Å². The van der Waals surface area contributed by atoms with E-state index in [1.807, 2.05) is 26.2 Å². The highest BCUT2D eigenvalue weighted by atomic mass is 19.4. The van der Waals surface area contributed by atoms with Gasteiger partial charge in [0.15, 0.2) is 0 Å². The molecule has 8 heteroatoms. The molecule has 0 aromatic carbocycles. The first-order valence-corrected chi connectivity index (χ1v) is 10.4. The van der Waals surface area contributed by atoms with Crippen LogP contribution in [-0.4, -0.2) is 52.7 Å². The average Bonchev–Trinajstić information content (AvgIpc) is 3.46. The summed E-state index contributed by atoms with van der Waals surface area (Å²) in [4.78, 5) is 8.96. The number of halogens is 3. The molecule has 30 heavy (non-hydrogen) atoms. The molecule has 2 aliphatic heterocycles. The van der Waals surface area contributed by atoms with Gasteiger partial charge in [0.2, 0.25) is 0 Å². The summed E-state index contributed by atoms with van der Waals surface area (Å²) in [6.45, 7) is 3.15. The quantitative estimate of drug-likeness (QED) is 0.628. The van der Waals surface area contributed by atoms with E-state index in [4.69, 9.17) is 4.74 Å². The van der Waals surface area contributed by atoms with E-state index < -0.39 is 12.6 Å². The molecule has 0 amide bonds. The van der Waals surface area contributed by atoms with Crippen LogP contribution in [0.25, 0.3) is 0 Å². The van der Waals surface area contributed by atoms with E-state index in [9.17, 15) is 13.2 Å². The van der Waals surface area contributed by atoms with Crippen molar-refractivity contribution >= 4 is 5.71 Å². The van der Waals surface area contributed by atoms with Crippen LogP contribution in [0.15, 0.2) is 41.2 Å². The molecule has 1 aliphatic carbocycles. The van der Waals surface area contributed by atoms with Crippen LogP contribution < -0.4 is 0 Å². The molecule has 1 atom stereocenters. The Kier molecular flexibility index (Phi) is 5.97. The number of rotatable bonds is 8. The van der Waals surface area contributed by atoms with Crippen molar-refractivity contribution in [1.82, 2.24) is 15.0 Å². The third-order valence-electron chi connectivity index (χ3n) is 5.71. The molecule has 3 aliphatic rings. The van der Waals surface area contributed by atoms with Crippen LogP contribution in [0.4, 0.5) is 13.2 Å². The first kappa shape index (κ1) is 21.1. The zero-order valence-electron chi connectivity index (χ0n) is 17.3. The van der Waals surface area contributed by atoms with Gasteiger partial charge in [0.25, 0.3) is 0 Å². The molecule has 162 valence electrons. The minimum absolute atomic E-state index is 0.0894. The summed E-state index contributed by atoms with van der Waals surface area (Å²) in [5, 5.41) is 4.27. The summed E-state index contributed by atoms with van der Waals surface area (Å²) in [6.07, 6.45) is 4.50. The molecule has 4 rings (SSSR count). The number of pyridine rings is 1. The molecule has 0 radical (unpaired) electrons. The molecule has 3 heterocycles. The fraction of sp³-hybridized carbons (Fsp3) is 0.545. The SMILES string of the molecule is Cc1nc(CCC(F)(F)F)ccc1CN1C=C2C(CCOC3CC3)=NC=CC2N1C. The zero-order valence-corrected chi connectivity index (χ0v) is 17.3. The highest BCUT2D eigenvalue weighted by Gasteiger charge is 2.33. The van der Waals surface area contributed by atoms with Gasteiger partial charge in [-0.15, -0.1) is 0 Å². The zero-order chi connectivity index (χ0) is 21.3. The number of ether oxygens (including phenoxy) is 1. The van der Waals surface area contributed by atoms with Crippen LogP contribution in [-0.2, 0) is 17.7 Å². The largest absolute Gasteiger partial charge is 0.389 e. The third-order valence-corrected chi connectivity index (χ3v) is 5.71. The minimum Gasteiger partial charge on any atom is -0.378 e. The van der Waals surface area contributed by atoms with E-state index in [0.717, 1.165) is 36.2 Å². The fourth-order valence-corrected chi connectivity index (χ4v) is 3.77. The summed E-state index contributed by atoms with van der Waals surface area (Å²) in [5.41, 5.74) is 4.45. The molecule has 0 spiro atoms. The lowest BCUT2D eigenvalue weighted by Crippen LogP contribution is -2.38. The van der Waals surface area contributed by atoms with Crippen LogP contribution in [0.3, 0.4) is 0 Å². The predicted octanol–water partition coefficient (Wildman–Crippen LogP) is 4.34. The van der Waals surface area contributed by atoms with Crippen molar-refractivity contribution in [2.45, 2.75) is 63.9 Å². The van der Waals surface area contributed by atoms with Gasteiger partial charge in [0, 0.05) is 55.0 Å². The number of alkyl halides is 3. The van der Waals surface area contributed by atoms with Gasteiger partial charge in [-0.05, 0) is 43.9 Å². The number of hydrogen-bond donors (Lipinski definition) is 0. The van der Waals surface area contributed by atoms with Gasteiger partial charge in [0.1, 0.15) is 0 Å². The Bertz CT molecular complexity index is 874. The maximum atomic E-state index is 12.5. The predicted molar refractivity (Wildman–Crippen MR) is 109 cm³/mol. The van der Waals surface area contributed by atoms with Crippen molar-refractivity contribution in [2.24, 2.45) is 4.99 Å². The number of aliphatic imine (C=N–C) groups is 1. The number of fused-ring (bicyclic) bond motifs is 1. The number of likely N-dealkylation sites (N-methyl/N-ethyl adjacent to an activating group) is 1. The maximum Gasteiger partial charge on any atom is 0.389 e. The van der Waals surface area contributed by atoms with Gasteiger partial charge >= 0.3 is 6.18 Å².